The molecule has 116 valence electrons. The van der Waals surface area contributed by atoms with E-state index in [0.29, 0.717) is 12.0 Å². The van der Waals surface area contributed by atoms with E-state index in [1.165, 1.54) is 19.4 Å². The van der Waals surface area contributed by atoms with Gasteiger partial charge in [-0.2, -0.15) is 4.98 Å². The summed E-state index contributed by atoms with van der Waals surface area (Å²) in [5.41, 5.74) is 6.05. The summed E-state index contributed by atoms with van der Waals surface area (Å²) in [6, 6.07) is 0.874. The van der Waals surface area contributed by atoms with Crippen molar-refractivity contribution in [3.05, 3.63) is 11.7 Å². The van der Waals surface area contributed by atoms with E-state index in [2.05, 4.69) is 15.0 Å². The number of morpholine rings is 1. The molecule has 6 nitrogen and oxygen atoms in total. The Bertz CT molecular complexity index is 492. The van der Waals surface area contributed by atoms with E-state index in [1.807, 2.05) is 0 Å². The maximum Gasteiger partial charge on any atom is 0.229 e. The summed E-state index contributed by atoms with van der Waals surface area (Å²) in [4.78, 5) is 7.12. The zero-order valence-electron chi connectivity index (χ0n) is 12.4. The molecule has 2 N–H and O–H groups in total. The van der Waals surface area contributed by atoms with Gasteiger partial charge in [-0.1, -0.05) is 11.6 Å². The molecule has 4 unspecified atom stereocenters. The fraction of sp³-hybridized carbons (Fsp3) is 0.867. The predicted molar refractivity (Wildman–Crippen MR) is 76.8 cm³/mol. The van der Waals surface area contributed by atoms with Crippen LogP contribution in [0, 0.1) is 0 Å². The van der Waals surface area contributed by atoms with Crippen LogP contribution < -0.4 is 5.73 Å². The lowest BCUT2D eigenvalue weighted by molar-refractivity contribution is -0.0548. The molecule has 1 saturated carbocycles. The second-order valence-corrected chi connectivity index (χ2v) is 6.73. The predicted octanol–water partition coefficient (Wildman–Crippen LogP) is 1.59. The van der Waals surface area contributed by atoms with Gasteiger partial charge in [-0.3, -0.25) is 4.90 Å². The van der Waals surface area contributed by atoms with Crippen LogP contribution in [0.25, 0.3) is 0 Å². The molecule has 3 fully saturated rings. The Morgan fingerprint density at radius 1 is 1.19 bits per heavy atom. The molecular formula is C15H24N4O2. The highest BCUT2D eigenvalue weighted by Gasteiger charge is 2.35. The third-order valence-electron chi connectivity index (χ3n) is 5.20. The lowest BCUT2D eigenvalue weighted by Crippen LogP contribution is -2.42. The Morgan fingerprint density at radius 2 is 2.14 bits per heavy atom. The molecule has 1 aromatic rings. The van der Waals surface area contributed by atoms with E-state index in [-0.39, 0.29) is 12.1 Å². The third kappa shape index (κ3) is 2.72. The Kier molecular flexibility index (Phi) is 3.69. The number of aromatic nitrogens is 2. The van der Waals surface area contributed by atoms with Crippen LogP contribution in [0.15, 0.2) is 4.52 Å². The molecule has 1 aromatic heterocycles. The van der Waals surface area contributed by atoms with Gasteiger partial charge in [0.15, 0.2) is 0 Å². The summed E-state index contributed by atoms with van der Waals surface area (Å²) >= 11 is 0. The van der Waals surface area contributed by atoms with E-state index in [1.54, 1.807) is 0 Å². The summed E-state index contributed by atoms with van der Waals surface area (Å²) in [6.07, 6.45) is 6.83. The fourth-order valence-electron chi connectivity index (χ4n) is 3.97. The Hall–Kier alpha value is -0.980. The number of nitrogens with zero attached hydrogens (tertiary/aromatic N) is 3. The van der Waals surface area contributed by atoms with Gasteiger partial charge in [-0.25, -0.2) is 0 Å². The van der Waals surface area contributed by atoms with Crippen molar-refractivity contribution in [3.63, 3.8) is 0 Å². The van der Waals surface area contributed by atoms with Crippen molar-refractivity contribution in [3.8, 4) is 0 Å². The first kappa shape index (κ1) is 13.7. The molecule has 3 heterocycles. The van der Waals surface area contributed by atoms with Crippen LogP contribution >= 0.6 is 0 Å². The summed E-state index contributed by atoms with van der Waals surface area (Å²) in [5.74, 6) is 1.81. The molecule has 1 aliphatic carbocycles. The number of rotatable bonds is 2. The average Bonchev–Trinajstić information content (AvgIpc) is 3.15. The van der Waals surface area contributed by atoms with E-state index >= 15 is 0 Å². The molecule has 3 aliphatic rings. The minimum atomic E-state index is -0.0332. The van der Waals surface area contributed by atoms with E-state index in [4.69, 9.17) is 15.0 Å². The van der Waals surface area contributed by atoms with Crippen LogP contribution in [0.2, 0.25) is 0 Å². The van der Waals surface area contributed by atoms with Crippen LogP contribution in [0.3, 0.4) is 0 Å². The van der Waals surface area contributed by atoms with E-state index in [9.17, 15) is 0 Å². The van der Waals surface area contributed by atoms with Crippen molar-refractivity contribution < 1.29 is 9.26 Å². The molecular weight excluding hydrogens is 268 g/mol. The molecule has 0 spiro atoms. The van der Waals surface area contributed by atoms with Crippen molar-refractivity contribution in [2.45, 2.75) is 62.6 Å². The smallest absolute Gasteiger partial charge is 0.229 e. The number of fused-ring (bicyclic) bond motifs is 1. The summed E-state index contributed by atoms with van der Waals surface area (Å²) in [5, 5.41) is 4.18. The van der Waals surface area contributed by atoms with Crippen molar-refractivity contribution in [1.82, 2.24) is 15.0 Å². The molecule has 0 radical (unpaired) electrons. The topological polar surface area (TPSA) is 77.4 Å². The van der Waals surface area contributed by atoms with Crippen LogP contribution in [-0.2, 0) is 4.74 Å². The first-order valence-electron chi connectivity index (χ1n) is 8.24. The van der Waals surface area contributed by atoms with Gasteiger partial charge in [0.1, 0.15) is 6.10 Å². The van der Waals surface area contributed by atoms with Crippen LogP contribution in [0.1, 0.15) is 62.3 Å². The largest absolute Gasteiger partial charge is 0.367 e. The number of hydrogen-bond acceptors (Lipinski definition) is 6. The van der Waals surface area contributed by atoms with Gasteiger partial charge in [-0.15, -0.1) is 0 Å². The number of ether oxygens (including phenoxy) is 1. The zero-order valence-corrected chi connectivity index (χ0v) is 12.4. The first-order chi connectivity index (χ1) is 10.3. The standard InChI is InChI=1S/C15H24N4O2/c16-11-4-1-3-10(7-11)15-17-14(18-21-15)13-8-19-6-2-5-12(19)9-20-13/h10-13H,1-9,16H2. The normalized spacial score (nSPS) is 37.6. The van der Waals surface area contributed by atoms with Crippen molar-refractivity contribution in [2.75, 3.05) is 19.7 Å². The Morgan fingerprint density at radius 3 is 3.05 bits per heavy atom. The molecule has 4 rings (SSSR count). The van der Waals surface area contributed by atoms with Crippen LogP contribution in [0.5, 0.6) is 0 Å². The van der Waals surface area contributed by atoms with Gasteiger partial charge in [-0.05, 0) is 38.6 Å². The molecule has 6 heteroatoms. The highest BCUT2D eigenvalue weighted by molar-refractivity contribution is 5.01. The van der Waals surface area contributed by atoms with Gasteiger partial charge >= 0.3 is 0 Å². The first-order valence-corrected chi connectivity index (χ1v) is 8.24. The van der Waals surface area contributed by atoms with Crippen LogP contribution in [-0.4, -0.2) is 46.8 Å². The Balaban J connectivity index is 1.44. The quantitative estimate of drug-likeness (QED) is 0.892. The van der Waals surface area contributed by atoms with Gasteiger partial charge in [0, 0.05) is 24.5 Å². The molecule has 0 amide bonds. The monoisotopic (exact) mass is 292 g/mol. The third-order valence-corrected chi connectivity index (χ3v) is 5.20. The average molecular weight is 292 g/mol. The molecule has 21 heavy (non-hydrogen) atoms. The summed E-state index contributed by atoms with van der Waals surface area (Å²) in [7, 11) is 0. The maximum absolute atomic E-state index is 6.05. The van der Waals surface area contributed by atoms with Crippen molar-refractivity contribution >= 4 is 0 Å². The zero-order chi connectivity index (χ0) is 14.2. The second kappa shape index (κ2) is 5.66. The molecule has 2 saturated heterocycles. The molecule has 0 aromatic carbocycles. The minimum absolute atomic E-state index is 0.0332. The lowest BCUT2D eigenvalue weighted by atomic mass is 9.86. The van der Waals surface area contributed by atoms with Gasteiger partial charge < -0.3 is 15.0 Å². The maximum atomic E-state index is 6.05. The Labute approximate surface area is 125 Å². The number of hydrogen-bond donors (Lipinski definition) is 1. The van der Waals surface area contributed by atoms with Crippen molar-refractivity contribution in [2.24, 2.45) is 5.73 Å². The summed E-state index contributed by atoms with van der Waals surface area (Å²) in [6.45, 7) is 2.86. The molecule has 4 atom stereocenters. The fourth-order valence-corrected chi connectivity index (χ4v) is 3.97. The van der Waals surface area contributed by atoms with E-state index in [0.717, 1.165) is 50.6 Å². The van der Waals surface area contributed by atoms with Crippen LogP contribution in [0.4, 0.5) is 0 Å². The van der Waals surface area contributed by atoms with E-state index < -0.39 is 0 Å². The van der Waals surface area contributed by atoms with Crippen molar-refractivity contribution in [1.29, 1.82) is 0 Å². The highest BCUT2D eigenvalue weighted by atomic mass is 16.5. The second-order valence-electron chi connectivity index (χ2n) is 6.73. The van der Waals surface area contributed by atoms with Gasteiger partial charge in [0.2, 0.25) is 11.7 Å². The molecule has 0 bridgehead atoms. The molecule has 2 aliphatic heterocycles. The minimum Gasteiger partial charge on any atom is -0.367 e. The highest BCUT2D eigenvalue weighted by Crippen LogP contribution is 2.33. The number of nitrogens with two attached hydrogens (primary N) is 1. The van der Waals surface area contributed by atoms with Gasteiger partial charge in [0.05, 0.1) is 6.61 Å². The summed E-state index contributed by atoms with van der Waals surface area (Å²) < 4.78 is 11.5. The lowest BCUT2D eigenvalue weighted by Gasteiger charge is -2.33. The van der Waals surface area contributed by atoms with Gasteiger partial charge in [0.25, 0.3) is 0 Å². The SMILES string of the molecule is NC1CCCC(c2nc(C3CN4CCCC4CO3)no2)C1.